The van der Waals surface area contributed by atoms with E-state index in [0.717, 1.165) is 25.9 Å². The fourth-order valence-electron chi connectivity index (χ4n) is 2.27. The first-order valence-electron chi connectivity index (χ1n) is 6.46. The Labute approximate surface area is 107 Å². The standard InChI is InChI=1S/C14H19FN2O/c15-13-6-2-1-5-12(13)10-17-14(18)8-11-4-3-7-16-9-11/h1-2,5-6,11,16H,3-4,7-10H2,(H,17,18). The number of hydrogen-bond donors (Lipinski definition) is 2. The lowest BCUT2D eigenvalue weighted by Gasteiger charge is -2.22. The van der Waals surface area contributed by atoms with Crippen molar-refractivity contribution in [2.75, 3.05) is 13.1 Å². The summed E-state index contributed by atoms with van der Waals surface area (Å²) in [6.07, 6.45) is 2.76. The van der Waals surface area contributed by atoms with E-state index in [1.165, 1.54) is 6.07 Å². The van der Waals surface area contributed by atoms with Crippen molar-refractivity contribution in [1.29, 1.82) is 0 Å². The summed E-state index contributed by atoms with van der Waals surface area (Å²) < 4.78 is 13.3. The normalized spacial score (nSPS) is 19.5. The van der Waals surface area contributed by atoms with Crippen molar-refractivity contribution in [3.05, 3.63) is 35.6 Å². The Bertz CT molecular complexity index is 403. The van der Waals surface area contributed by atoms with E-state index < -0.39 is 0 Å². The van der Waals surface area contributed by atoms with Crippen LogP contribution in [0.3, 0.4) is 0 Å². The Morgan fingerprint density at radius 3 is 3.00 bits per heavy atom. The Hall–Kier alpha value is -1.42. The number of halogens is 1. The second-order valence-electron chi connectivity index (χ2n) is 4.78. The highest BCUT2D eigenvalue weighted by Crippen LogP contribution is 2.14. The second-order valence-corrected chi connectivity index (χ2v) is 4.78. The van der Waals surface area contributed by atoms with Gasteiger partial charge in [0, 0.05) is 18.5 Å². The number of piperidine rings is 1. The maximum atomic E-state index is 13.3. The van der Waals surface area contributed by atoms with Crippen LogP contribution in [0.4, 0.5) is 4.39 Å². The molecule has 1 amide bonds. The van der Waals surface area contributed by atoms with Crippen molar-refractivity contribution in [3.63, 3.8) is 0 Å². The molecule has 1 unspecified atom stereocenters. The first-order chi connectivity index (χ1) is 8.75. The van der Waals surface area contributed by atoms with E-state index >= 15 is 0 Å². The summed E-state index contributed by atoms with van der Waals surface area (Å²) in [7, 11) is 0. The van der Waals surface area contributed by atoms with Gasteiger partial charge in [-0.2, -0.15) is 0 Å². The fraction of sp³-hybridized carbons (Fsp3) is 0.500. The molecule has 0 bridgehead atoms. The second kappa shape index (κ2) is 6.50. The quantitative estimate of drug-likeness (QED) is 0.856. The van der Waals surface area contributed by atoms with Gasteiger partial charge in [0.2, 0.25) is 5.91 Å². The van der Waals surface area contributed by atoms with E-state index in [0.29, 0.717) is 17.9 Å². The molecule has 4 heteroatoms. The maximum absolute atomic E-state index is 13.3. The molecule has 0 saturated carbocycles. The summed E-state index contributed by atoms with van der Waals surface area (Å²) in [5.41, 5.74) is 0.535. The number of carbonyl (C=O) groups excluding carboxylic acids is 1. The molecule has 1 heterocycles. The zero-order chi connectivity index (χ0) is 12.8. The van der Waals surface area contributed by atoms with Crippen LogP contribution in [-0.2, 0) is 11.3 Å². The Balaban J connectivity index is 1.76. The van der Waals surface area contributed by atoms with Crippen molar-refractivity contribution < 1.29 is 9.18 Å². The molecule has 98 valence electrons. The molecule has 1 saturated heterocycles. The monoisotopic (exact) mass is 250 g/mol. The van der Waals surface area contributed by atoms with Gasteiger partial charge in [0.15, 0.2) is 0 Å². The van der Waals surface area contributed by atoms with E-state index in [-0.39, 0.29) is 18.3 Å². The van der Waals surface area contributed by atoms with Gasteiger partial charge < -0.3 is 10.6 Å². The number of nitrogens with one attached hydrogen (secondary N) is 2. The highest BCUT2D eigenvalue weighted by molar-refractivity contribution is 5.76. The van der Waals surface area contributed by atoms with Crippen LogP contribution in [0, 0.1) is 11.7 Å². The molecule has 1 aliphatic rings. The maximum Gasteiger partial charge on any atom is 0.220 e. The largest absolute Gasteiger partial charge is 0.352 e. The molecule has 0 spiro atoms. The molecular weight excluding hydrogens is 231 g/mol. The fourth-order valence-corrected chi connectivity index (χ4v) is 2.27. The van der Waals surface area contributed by atoms with Crippen LogP contribution in [-0.4, -0.2) is 19.0 Å². The summed E-state index contributed by atoms with van der Waals surface area (Å²) in [6.45, 7) is 2.23. The van der Waals surface area contributed by atoms with Gasteiger partial charge in [0.1, 0.15) is 5.82 Å². The van der Waals surface area contributed by atoms with Gasteiger partial charge in [-0.15, -0.1) is 0 Å². The minimum Gasteiger partial charge on any atom is -0.352 e. The van der Waals surface area contributed by atoms with Crippen LogP contribution in [0.25, 0.3) is 0 Å². The lowest BCUT2D eigenvalue weighted by molar-refractivity contribution is -0.122. The Morgan fingerprint density at radius 1 is 1.44 bits per heavy atom. The predicted octanol–water partition coefficient (Wildman–Crippen LogP) is 1.83. The minimum atomic E-state index is -0.267. The van der Waals surface area contributed by atoms with Crippen molar-refractivity contribution in [1.82, 2.24) is 10.6 Å². The molecular formula is C14H19FN2O. The summed E-state index contributed by atoms with van der Waals surface area (Å²) in [5.74, 6) is 0.156. The number of rotatable bonds is 4. The summed E-state index contributed by atoms with van der Waals surface area (Å²) in [6, 6.07) is 6.52. The minimum absolute atomic E-state index is 0.00644. The molecule has 2 N–H and O–H groups in total. The lowest BCUT2D eigenvalue weighted by atomic mass is 9.96. The van der Waals surface area contributed by atoms with Gasteiger partial charge in [-0.3, -0.25) is 4.79 Å². The van der Waals surface area contributed by atoms with E-state index in [9.17, 15) is 9.18 Å². The smallest absolute Gasteiger partial charge is 0.220 e. The third kappa shape index (κ3) is 3.81. The van der Waals surface area contributed by atoms with Gasteiger partial charge in [0.05, 0.1) is 0 Å². The van der Waals surface area contributed by atoms with Crippen molar-refractivity contribution in [3.8, 4) is 0 Å². The van der Waals surface area contributed by atoms with E-state index in [1.54, 1.807) is 18.2 Å². The SMILES string of the molecule is O=C(CC1CCCNC1)NCc1ccccc1F. The molecule has 1 atom stereocenters. The van der Waals surface area contributed by atoms with Gasteiger partial charge in [-0.05, 0) is 37.9 Å². The van der Waals surface area contributed by atoms with E-state index in [2.05, 4.69) is 10.6 Å². The van der Waals surface area contributed by atoms with E-state index in [1.807, 2.05) is 0 Å². The van der Waals surface area contributed by atoms with Crippen LogP contribution in [0.2, 0.25) is 0 Å². The number of amides is 1. The highest BCUT2D eigenvalue weighted by atomic mass is 19.1. The molecule has 0 aromatic heterocycles. The van der Waals surface area contributed by atoms with Crippen molar-refractivity contribution in [2.24, 2.45) is 5.92 Å². The van der Waals surface area contributed by atoms with Crippen LogP contribution in [0.15, 0.2) is 24.3 Å². The molecule has 0 aliphatic carbocycles. The predicted molar refractivity (Wildman–Crippen MR) is 68.5 cm³/mol. The zero-order valence-electron chi connectivity index (χ0n) is 10.4. The Morgan fingerprint density at radius 2 is 2.28 bits per heavy atom. The molecule has 18 heavy (non-hydrogen) atoms. The third-order valence-electron chi connectivity index (χ3n) is 3.31. The van der Waals surface area contributed by atoms with Crippen molar-refractivity contribution >= 4 is 5.91 Å². The first kappa shape index (κ1) is 13.0. The molecule has 3 nitrogen and oxygen atoms in total. The molecule has 0 radical (unpaired) electrons. The molecule has 1 aromatic carbocycles. The first-order valence-corrected chi connectivity index (χ1v) is 6.46. The van der Waals surface area contributed by atoms with Gasteiger partial charge >= 0.3 is 0 Å². The van der Waals surface area contributed by atoms with Crippen LogP contribution in [0.1, 0.15) is 24.8 Å². The van der Waals surface area contributed by atoms with Gasteiger partial charge in [-0.1, -0.05) is 18.2 Å². The Kier molecular flexibility index (Phi) is 4.70. The summed E-state index contributed by atoms with van der Waals surface area (Å²) >= 11 is 0. The number of hydrogen-bond acceptors (Lipinski definition) is 2. The zero-order valence-corrected chi connectivity index (χ0v) is 10.4. The summed E-state index contributed by atoms with van der Waals surface area (Å²) in [5, 5.41) is 6.06. The average molecular weight is 250 g/mol. The third-order valence-corrected chi connectivity index (χ3v) is 3.31. The number of benzene rings is 1. The molecule has 1 aromatic rings. The van der Waals surface area contributed by atoms with Crippen molar-refractivity contribution in [2.45, 2.75) is 25.8 Å². The summed E-state index contributed by atoms with van der Waals surface area (Å²) in [4.78, 5) is 11.7. The lowest BCUT2D eigenvalue weighted by Crippen LogP contribution is -2.34. The molecule has 1 fully saturated rings. The van der Waals surface area contributed by atoms with E-state index in [4.69, 9.17) is 0 Å². The molecule has 1 aliphatic heterocycles. The van der Waals surface area contributed by atoms with Crippen LogP contribution in [0.5, 0.6) is 0 Å². The average Bonchev–Trinajstić information content (AvgIpc) is 2.39. The topological polar surface area (TPSA) is 41.1 Å². The van der Waals surface area contributed by atoms with Gasteiger partial charge in [0.25, 0.3) is 0 Å². The number of carbonyl (C=O) groups is 1. The van der Waals surface area contributed by atoms with Crippen LogP contribution < -0.4 is 10.6 Å². The van der Waals surface area contributed by atoms with Crippen LogP contribution >= 0.6 is 0 Å². The highest BCUT2D eigenvalue weighted by Gasteiger charge is 2.16. The van der Waals surface area contributed by atoms with Gasteiger partial charge in [-0.25, -0.2) is 4.39 Å². The molecule has 2 rings (SSSR count).